The summed E-state index contributed by atoms with van der Waals surface area (Å²) in [6.45, 7) is 1.30. The normalized spacial score (nSPS) is 14.0. The first kappa shape index (κ1) is 25.3. The molecule has 0 saturated heterocycles. The number of carbonyl (C=O) groups excluding carboxylic acids is 4. The van der Waals surface area contributed by atoms with E-state index in [4.69, 9.17) is 14.2 Å². The van der Waals surface area contributed by atoms with Crippen LogP contribution in [0.25, 0.3) is 0 Å². The van der Waals surface area contributed by atoms with Gasteiger partial charge in [0.2, 0.25) is 0 Å². The molecule has 3 aromatic carbocycles. The van der Waals surface area contributed by atoms with E-state index in [1.54, 1.807) is 54.6 Å². The lowest BCUT2D eigenvalue weighted by Gasteiger charge is -2.31. The minimum Gasteiger partial charge on any atom is -0.452 e. The highest BCUT2D eigenvalue weighted by Gasteiger charge is 2.41. The second-order valence-corrected chi connectivity index (χ2v) is 7.58. The average molecular weight is 476 g/mol. The van der Waals surface area contributed by atoms with E-state index in [0.29, 0.717) is 0 Å². The van der Waals surface area contributed by atoms with Crippen molar-refractivity contribution in [2.75, 3.05) is 0 Å². The van der Waals surface area contributed by atoms with Gasteiger partial charge in [0, 0.05) is 0 Å². The standard InChI is InChI=1S/C27H24O8/c1-18(29)23(34-26(31)20-13-7-3-8-14-20)24(35-27(32)21-15-9-4-10-16-21)22(17-28)33-25(30)19-11-5-2-6-12-19/h2-18,22-24,29H,1H3/t18-,22-,23-,24+/m1/s1. The topological polar surface area (TPSA) is 116 Å². The van der Waals surface area contributed by atoms with Gasteiger partial charge < -0.3 is 19.3 Å². The van der Waals surface area contributed by atoms with E-state index >= 15 is 0 Å². The van der Waals surface area contributed by atoms with Crippen LogP contribution >= 0.6 is 0 Å². The van der Waals surface area contributed by atoms with Gasteiger partial charge in [-0.1, -0.05) is 54.6 Å². The number of aliphatic hydroxyl groups excluding tert-OH is 1. The van der Waals surface area contributed by atoms with Crippen LogP contribution in [0, 0.1) is 0 Å². The molecule has 0 aliphatic carbocycles. The van der Waals surface area contributed by atoms with Crippen LogP contribution in [0.2, 0.25) is 0 Å². The minimum atomic E-state index is -1.68. The first-order chi connectivity index (χ1) is 16.9. The summed E-state index contributed by atoms with van der Waals surface area (Å²) in [5.41, 5.74) is 0.479. The highest BCUT2D eigenvalue weighted by molar-refractivity contribution is 5.92. The lowest BCUT2D eigenvalue weighted by Crippen LogP contribution is -2.50. The molecule has 8 nitrogen and oxygen atoms in total. The Morgan fingerprint density at radius 3 is 1.31 bits per heavy atom. The van der Waals surface area contributed by atoms with Crippen molar-refractivity contribution < 1.29 is 38.5 Å². The molecule has 0 spiro atoms. The van der Waals surface area contributed by atoms with E-state index in [2.05, 4.69) is 0 Å². The first-order valence-corrected chi connectivity index (χ1v) is 10.8. The summed E-state index contributed by atoms with van der Waals surface area (Å²) >= 11 is 0. The zero-order valence-corrected chi connectivity index (χ0v) is 18.9. The van der Waals surface area contributed by atoms with Crippen LogP contribution in [0.1, 0.15) is 38.0 Å². The van der Waals surface area contributed by atoms with E-state index in [1.807, 2.05) is 0 Å². The van der Waals surface area contributed by atoms with Crippen molar-refractivity contribution >= 4 is 24.2 Å². The van der Waals surface area contributed by atoms with Crippen molar-refractivity contribution in [1.29, 1.82) is 0 Å². The van der Waals surface area contributed by atoms with Crippen molar-refractivity contribution in [2.24, 2.45) is 0 Å². The molecule has 3 aromatic rings. The third-order valence-corrected chi connectivity index (χ3v) is 5.02. The molecule has 0 saturated carbocycles. The number of rotatable bonds is 10. The molecule has 0 unspecified atom stereocenters. The third-order valence-electron chi connectivity index (χ3n) is 5.02. The number of aldehydes is 1. The molecule has 35 heavy (non-hydrogen) atoms. The van der Waals surface area contributed by atoms with Gasteiger partial charge in [0.1, 0.15) is 0 Å². The van der Waals surface area contributed by atoms with E-state index in [9.17, 15) is 24.3 Å². The maximum Gasteiger partial charge on any atom is 0.338 e. The molecule has 0 fully saturated rings. The van der Waals surface area contributed by atoms with Gasteiger partial charge in [-0.3, -0.25) is 4.79 Å². The number of carbonyl (C=O) groups is 4. The van der Waals surface area contributed by atoms with Gasteiger partial charge in [-0.05, 0) is 43.3 Å². The van der Waals surface area contributed by atoms with Crippen molar-refractivity contribution in [2.45, 2.75) is 31.3 Å². The Kier molecular flexibility index (Phi) is 8.86. The van der Waals surface area contributed by atoms with Crippen LogP contribution in [0.3, 0.4) is 0 Å². The predicted molar refractivity (Wildman–Crippen MR) is 125 cm³/mol. The van der Waals surface area contributed by atoms with E-state index < -0.39 is 42.3 Å². The summed E-state index contributed by atoms with van der Waals surface area (Å²) in [4.78, 5) is 50.2. The largest absolute Gasteiger partial charge is 0.452 e. The van der Waals surface area contributed by atoms with Gasteiger partial charge in [0.05, 0.1) is 22.8 Å². The second kappa shape index (κ2) is 12.2. The zero-order chi connectivity index (χ0) is 25.2. The smallest absolute Gasteiger partial charge is 0.338 e. The van der Waals surface area contributed by atoms with Gasteiger partial charge in [-0.15, -0.1) is 0 Å². The highest BCUT2D eigenvalue weighted by Crippen LogP contribution is 2.20. The third kappa shape index (κ3) is 6.84. The molecule has 0 aliphatic heterocycles. The van der Waals surface area contributed by atoms with E-state index in [-0.39, 0.29) is 23.0 Å². The minimum absolute atomic E-state index is 0.148. The Bertz CT molecular complexity index is 1130. The molecular weight excluding hydrogens is 452 g/mol. The Morgan fingerprint density at radius 2 is 0.971 bits per heavy atom. The quantitative estimate of drug-likeness (QED) is 0.269. The fourth-order valence-corrected chi connectivity index (χ4v) is 3.23. The summed E-state index contributed by atoms with van der Waals surface area (Å²) in [6.07, 6.45) is -5.99. The van der Waals surface area contributed by atoms with E-state index in [1.165, 1.54) is 43.3 Å². The summed E-state index contributed by atoms with van der Waals surface area (Å²) in [7, 11) is 0. The fraction of sp³-hybridized carbons (Fsp3) is 0.185. The van der Waals surface area contributed by atoms with Gasteiger partial charge in [-0.25, -0.2) is 14.4 Å². The molecular formula is C27H24O8. The molecule has 0 radical (unpaired) electrons. The highest BCUT2D eigenvalue weighted by atomic mass is 16.6. The lowest BCUT2D eigenvalue weighted by atomic mass is 10.0. The molecule has 0 amide bonds. The molecule has 4 atom stereocenters. The number of benzene rings is 3. The van der Waals surface area contributed by atoms with E-state index in [0.717, 1.165) is 0 Å². The molecule has 0 heterocycles. The van der Waals surface area contributed by atoms with Crippen molar-refractivity contribution in [3.8, 4) is 0 Å². The average Bonchev–Trinajstić information content (AvgIpc) is 2.90. The number of aliphatic hydroxyl groups is 1. The molecule has 8 heteroatoms. The second-order valence-electron chi connectivity index (χ2n) is 7.58. The Morgan fingerprint density at radius 1 is 0.629 bits per heavy atom. The Labute approximate surface area is 202 Å². The number of hydrogen-bond acceptors (Lipinski definition) is 8. The molecule has 0 aliphatic rings. The van der Waals surface area contributed by atoms with Crippen LogP contribution in [-0.4, -0.2) is 53.7 Å². The summed E-state index contributed by atoms with van der Waals surface area (Å²) in [5, 5.41) is 10.4. The van der Waals surface area contributed by atoms with Crippen molar-refractivity contribution in [3.05, 3.63) is 108 Å². The number of ether oxygens (including phenoxy) is 3. The van der Waals surface area contributed by atoms with Gasteiger partial charge >= 0.3 is 17.9 Å². The molecule has 1 N–H and O–H groups in total. The van der Waals surface area contributed by atoms with Crippen molar-refractivity contribution in [1.82, 2.24) is 0 Å². The number of esters is 3. The SMILES string of the molecule is C[C@@H](O)[C@@H](OC(=O)c1ccccc1)[C@@H](OC(=O)c1ccccc1)[C@@H](C=O)OC(=O)c1ccccc1. The fourth-order valence-electron chi connectivity index (χ4n) is 3.23. The zero-order valence-electron chi connectivity index (χ0n) is 18.9. The first-order valence-electron chi connectivity index (χ1n) is 10.8. The summed E-state index contributed by atoms with van der Waals surface area (Å²) in [6, 6.07) is 23.7. The van der Waals surface area contributed by atoms with Crippen LogP contribution < -0.4 is 0 Å². The Hall–Kier alpha value is -4.30. The van der Waals surface area contributed by atoms with Gasteiger partial charge in [-0.2, -0.15) is 0 Å². The van der Waals surface area contributed by atoms with Crippen LogP contribution in [0.4, 0.5) is 0 Å². The monoisotopic (exact) mass is 476 g/mol. The lowest BCUT2D eigenvalue weighted by molar-refractivity contribution is -0.137. The van der Waals surface area contributed by atoms with Crippen molar-refractivity contribution in [3.63, 3.8) is 0 Å². The van der Waals surface area contributed by atoms with Gasteiger partial charge in [0.15, 0.2) is 24.6 Å². The summed E-state index contributed by atoms with van der Waals surface area (Å²) < 4.78 is 16.3. The van der Waals surface area contributed by atoms with Crippen LogP contribution in [-0.2, 0) is 19.0 Å². The Balaban J connectivity index is 1.92. The maximum absolute atomic E-state index is 12.8. The van der Waals surface area contributed by atoms with Crippen LogP contribution in [0.5, 0.6) is 0 Å². The molecule has 3 rings (SSSR count). The van der Waals surface area contributed by atoms with Gasteiger partial charge in [0.25, 0.3) is 0 Å². The summed E-state index contributed by atoms with van der Waals surface area (Å²) in [5.74, 6) is -2.54. The molecule has 0 aromatic heterocycles. The molecule has 0 bridgehead atoms. The number of hydrogen-bond donors (Lipinski definition) is 1. The maximum atomic E-state index is 12.8. The van der Waals surface area contributed by atoms with Crippen LogP contribution in [0.15, 0.2) is 91.0 Å². The predicted octanol–water partition coefficient (Wildman–Crippen LogP) is 3.24. The molecule has 180 valence electrons.